The van der Waals surface area contributed by atoms with E-state index in [0.29, 0.717) is 16.0 Å². The van der Waals surface area contributed by atoms with Crippen LogP contribution in [0, 0.1) is 5.92 Å². The molecule has 2 N–H and O–H groups in total. The van der Waals surface area contributed by atoms with Crippen LogP contribution < -0.4 is 5.73 Å². The fourth-order valence-electron chi connectivity index (χ4n) is 2.16. The molecule has 0 amide bonds. The highest BCUT2D eigenvalue weighted by Gasteiger charge is 2.21. The van der Waals surface area contributed by atoms with Gasteiger partial charge in [-0.2, -0.15) is 0 Å². The van der Waals surface area contributed by atoms with E-state index in [4.69, 9.17) is 28.9 Å². The van der Waals surface area contributed by atoms with Crippen LogP contribution in [0.25, 0.3) is 0 Å². The van der Waals surface area contributed by atoms with Gasteiger partial charge < -0.3 is 5.73 Å². The topological polar surface area (TPSA) is 29.3 Å². The average molecular weight is 296 g/mol. The second-order valence-electron chi connectivity index (χ2n) is 4.34. The first-order valence-electron chi connectivity index (χ1n) is 5.56. The highest BCUT2D eigenvalue weighted by molar-refractivity contribution is 6.42. The molecule has 5 heteroatoms. The summed E-state index contributed by atoms with van der Waals surface area (Å²) in [5, 5.41) is 1.31. The Labute approximate surface area is 118 Å². The Morgan fingerprint density at radius 2 is 2.12 bits per heavy atom. The summed E-state index contributed by atoms with van der Waals surface area (Å²) >= 11 is 12.1. The van der Waals surface area contributed by atoms with E-state index in [0.717, 1.165) is 31.7 Å². The molecule has 0 spiro atoms. The number of nitrogens with zero attached hydrogens (tertiary/aromatic N) is 1. The van der Waals surface area contributed by atoms with Gasteiger partial charge in [0.25, 0.3) is 0 Å². The summed E-state index contributed by atoms with van der Waals surface area (Å²) in [5.74, 6) is 0.637. The van der Waals surface area contributed by atoms with Gasteiger partial charge in [-0.1, -0.05) is 35.3 Å². The molecule has 1 aromatic rings. The fraction of sp³-hybridized carbons (Fsp3) is 0.500. The molecule has 0 aromatic heterocycles. The summed E-state index contributed by atoms with van der Waals surface area (Å²) in [4.78, 5) is 2.38. The smallest absolute Gasteiger partial charge is 0.0637 e. The largest absolute Gasteiger partial charge is 0.330 e. The summed E-state index contributed by atoms with van der Waals surface area (Å²) in [6.45, 7) is 3.82. The molecule has 17 heavy (non-hydrogen) atoms. The Balaban J connectivity index is 0.00000144. The molecular weight excluding hydrogens is 279 g/mol. The van der Waals surface area contributed by atoms with Crippen LogP contribution in [-0.2, 0) is 6.54 Å². The zero-order chi connectivity index (χ0) is 11.5. The fourth-order valence-corrected chi connectivity index (χ4v) is 2.54. The maximum atomic E-state index is 6.16. The lowest BCUT2D eigenvalue weighted by Gasteiger charge is -2.16. The minimum Gasteiger partial charge on any atom is -0.330 e. The van der Waals surface area contributed by atoms with Crippen molar-refractivity contribution in [2.24, 2.45) is 11.7 Å². The van der Waals surface area contributed by atoms with Gasteiger partial charge in [-0.05, 0) is 37.1 Å². The Morgan fingerprint density at radius 1 is 1.35 bits per heavy atom. The van der Waals surface area contributed by atoms with Crippen molar-refractivity contribution in [3.8, 4) is 0 Å². The average Bonchev–Trinajstić information content (AvgIpc) is 2.73. The Morgan fingerprint density at radius 3 is 2.76 bits per heavy atom. The van der Waals surface area contributed by atoms with Crippen molar-refractivity contribution in [2.45, 2.75) is 13.0 Å². The Hall–Kier alpha value is 0.01000. The van der Waals surface area contributed by atoms with Crippen molar-refractivity contribution in [1.82, 2.24) is 4.90 Å². The van der Waals surface area contributed by atoms with E-state index in [2.05, 4.69) is 4.90 Å². The Kier molecular flexibility index (Phi) is 6.04. The van der Waals surface area contributed by atoms with E-state index >= 15 is 0 Å². The number of benzene rings is 1. The van der Waals surface area contributed by atoms with E-state index in [1.54, 1.807) is 0 Å². The first kappa shape index (κ1) is 15.1. The number of rotatable bonds is 3. The third kappa shape index (κ3) is 3.73. The van der Waals surface area contributed by atoms with Crippen LogP contribution in [0.4, 0.5) is 0 Å². The van der Waals surface area contributed by atoms with E-state index in [-0.39, 0.29) is 12.4 Å². The third-order valence-corrected chi connectivity index (χ3v) is 3.99. The van der Waals surface area contributed by atoms with Gasteiger partial charge in [-0.25, -0.2) is 0 Å². The minimum absolute atomic E-state index is 0. The van der Waals surface area contributed by atoms with Gasteiger partial charge in [0.1, 0.15) is 0 Å². The summed E-state index contributed by atoms with van der Waals surface area (Å²) in [7, 11) is 0. The summed E-state index contributed by atoms with van der Waals surface area (Å²) in [5.41, 5.74) is 6.77. The molecule has 1 unspecified atom stereocenters. The van der Waals surface area contributed by atoms with E-state index in [1.807, 2.05) is 18.2 Å². The van der Waals surface area contributed by atoms with Crippen LogP contribution in [0.3, 0.4) is 0 Å². The normalized spacial score (nSPS) is 20.3. The van der Waals surface area contributed by atoms with Crippen LogP contribution >= 0.6 is 35.6 Å². The van der Waals surface area contributed by atoms with E-state index in [1.165, 1.54) is 6.42 Å². The SMILES string of the molecule is Cl.NCC1CCN(Cc2cccc(Cl)c2Cl)C1. The molecule has 1 heterocycles. The van der Waals surface area contributed by atoms with Gasteiger partial charge in [0.2, 0.25) is 0 Å². The van der Waals surface area contributed by atoms with Crippen molar-refractivity contribution in [1.29, 1.82) is 0 Å². The molecule has 1 aromatic carbocycles. The van der Waals surface area contributed by atoms with Gasteiger partial charge in [-0.3, -0.25) is 4.90 Å². The molecule has 1 saturated heterocycles. The Bertz CT molecular complexity index is 371. The maximum absolute atomic E-state index is 6.16. The van der Waals surface area contributed by atoms with Gasteiger partial charge in [0, 0.05) is 13.1 Å². The molecule has 96 valence electrons. The van der Waals surface area contributed by atoms with Gasteiger partial charge in [0.15, 0.2) is 0 Å². The quantitative estimate of drug-likeness (QED) is 0.928. The van der Waals surface area contributed by atoms with Crippen LogP contribution in [0.5, 0.6) is 0 Å². The van der Waals surface area contributed by atoms with Crippen molar-refractivity contribution in [3.05, 3.63) is 33.8 Å². The number of nitrogens with two attached hydrogens (primary N) is 1. The summed E-state index contributed by atoms with van der Waals surface area (Å²) in [6, 6.07) is 5.80. The molecule has 1 fully saturated rings. The van der Waals surface area contributed by atoms with Crippen LogP contribution in [0.15, 0.2) is 18.2 Å². The lowest BCUT2D eigenvalue weighted by Crippen LogP contribution is -2.22. The van der Waals surface area contributed by atoms with E-state index < -0.39 is 0 Å². The van der Waals surface area contributed by atoms with Crippen LogP contribution in [-0.4, -0.2) is 24.5 Å². The second kappa shape index (κ2) is 6.81. The monoisotopic (exact) mass is 294 g/mol. The first-order valence-corrected chi connectivity index (χ1v) is 6.31. The third-order valence-electron chi connectivity index (χ3n) is 3.13. The van der Waals surface area contributed by atoms with Gasteiger partial charge in [-0.15, -0.1) is 12.4 Å². The van der Waals surface area contributed by atoms with Gasteiger partial charge >= 0.3 is 0 Å². The molecule has 2 rings (SSSR count). The summed E-state index contributed by atoms with van der Waals surface area (Å²) in [6.07, 6.45) is 1.19. The minimum atomic E-state index is 0. The van der Waals surface area contributed by atoms with Crippen LogP contribution in [0.1, 0.15) is 12.0 Å². The van der Waals surface area contributed by atoms with Crippen molar-refractivity contribution in [3.63, 3.8) is 0 Å². The van der Waals surface area contributed by atoms with Crippen LogP contribution in [0.2, 0.25) is 10.0 Å². The van der Waals surface area contributed by atoms with Crippen molar-refractivity contribution < 1.29 is 0 Å². The summed E-state index contributed by atoms with van der Waals surface area (Å²) < 4.78 is 0. The highest BCUT2D eigenvalue weighted by atomic mass is 35.5. The zero-order valence-corrected chi connectivity index (χ0v) is 11.9. The number of likely N-dealkylation sites (tertiary alicyclic amines) is 1. The number of halogens is 3. The van der Waals surface area contributed by atoms with Crippen molar-refractivity contribution >= 4 is 35.6 Å². The zero-order valence-electron chi connectivity index (χ0n) is 9.53. The van der Waals surface area contributed by atoms with Gasteiger partial charge in [0.05, 0.1) is 10.0 Å². The number of hydrogen-bond acceptors (Lipinski definition) is 2. The maximum Gasteiger partial charge on any atom is 0.0637 e. The molecule has 0 saturated carbocycles. The predicted molar refractivity (Wildman–Crippen MR) is 76.1 cm³/mol. The molecular formula is C12H17Cl3N2. The molecule has 2 nitrogen and oxygen atoms in total. The molecule has 1 atom stereocenters. The second-order valence-corrected chi connectivity index (χ2v) is 5.12. The molecule has 0 radical (unpaired) electrons. The van der Waals surface area contributed by atoms with Crippen molar-refractivity contribution in [2.75, 3.05) is 19.6 Å². The predicted octanol–water partition coefficient (Wildman–Crippen LogP) is 3.20. The molecule has 1 aliphatic rings. The first-order chi connectivity index (χ1) is 7.70. The molecule has 1 aliphatic heterocycles. The number of hydrogen-bond donors (Lipinski definition) is 1. The lowest BCUT2D eigenvalue weighted by atomic mass is 10.1. The standard InChI is InChI=1S/C12H16Cl2N2.ClH/c13-11-3-1-2-10(12(11)14)8-16-5-4-9(6-15)7-16;/h1-3,9H,4-8,15H2;1H. The highest BCUT2D eigenvalue weighted by Crippen LogP contribution is 2.27. The molecule has 0 aliphatic carbocycles. The lowest BCUT2D eigenvalue weighted by molar-refractivity contribution is 0.318. The van der Waals surface area contributed by atoms with E-state index in [9.17, 15) is 0 Å². The molecule has 0 bridgehead atoms.